The third-order valence-corrected chi connectivity index (χ3v) is 5.03. The van der Waals surface area contributed by atoms with E-state index in [1.807, 2.05) is 13.8 Å². The number of nitrogens with zero attached hydrogens (tertiary/aromatic N) is 5. The maximum Gasteiger partial charge on any atom is 0.269 e. The van der Waals surface area contributed by atoms with Gasteiger partial charge >= 0.3 is 0 Å². The molecule has 0 aliphatic carbocycles. The summed E-state index contributed by atoms with van der Waals surface area (Å²) in [6.45, 7) is 5.34. The Bertz CT molecular complexity index is 935. The van der Waals surface area contributed by atoms with Gasteiger partial charge in [-0.1, -0.05) is 16.9 Å². The number of aromatic nitrogens is 4. The van der Waals surface area contributed by atoms with Crippen molar-refractivity contribution in [1.82, 2.24) is 19.7 Å². The van der Waals surface area contributed by atoms with Crippen molar-refractivity contribution in [3.63, 3.8) is 0 Å². The highest BCUT2D eigenvalue weighted by Gasteiger charge is 2.15. The van der Waals surface area contributed by atoms with E-state index in [-0.39, 0.29) is 5.69 Å². The molecule has 0 radical (unpaired) electrons. The monoisotopic (exact) mass is 389 g/mol. The Balaban J connectivity index is 1.70. The van der Waals surface area contributed by atoms with Crippen LogP contribution in [0.4, 0.5) is 5.69 Å². The summed E-state index contributed by atoms with van der Waals surface area (Å²) in [5.41, 5.74) is 2.76. The maximum absolute atomic E-state index is 10.7. The summed E-state index contributed by atoms with van der Waals surface area (Å²) in [4.78, 5) is 19.2. The fourth-order valence-corrected chi connectivity index (χ4v) is 3.42. The molecule has 9 nitrogen and oxygen atoms in total. The molecule has 3 rings (SSSR count). The lowest BCUT2D eigenvalue weighted by Crippen LogP contribution is -2.07. The first kappa shape index (κ1) is 19.1. The third kappa shape index (κ3) is 4.34. The van der Waals surface area contributed by atoms with Gasteiger partial charge in [-0.15, -0.1) is 0 Å². The smallest absolute Gasteiger partial charge is 0.269 e. The molecule has 0 spiro atoms. The van der Waals surface area contributed by atoms with E-state index in [0.717, 1.165) is 23.1 Å². The number of thioether (sulfide) groups is 1. The lowest BCUT2D eigenvalue weighted by atomic mass is 10.2. The molecule has 0 amide bonds. The molecule has 0 fully saturated rings. The van der Waals surface area contributed by atoms with E-state index in [0.29, 0.717) is 29.6 Å². The fraction of sp³-hybridized carbons (Fsp3) is 0.353. The fourth-order valence-electron chi connectivity index (χ4n) is 2.47. The predicted octanol–water partition coefficient (Wildman–Crippen LogP) is 3.40. The van der Waals surface area contributed by atoms with Gasteiger partial charge < -0.3 is 13.8 Å². The number of hydrogen-bond acceptors (Lipinski definition) is 8. The van der Waals surface area contributed by atoms with Crippen LogP contribution >= 0.6 is 11.8 Å². The Morgan fingerprint density at radius 1 is 1.26 bits per heavy atom. The van der Waals surface area contributed by atoms with E-state index >= 15 is 0 Å². The lowest BCUT2D eigenvalue weighted by Gasteiger charge is -2.08. The highest BCUT2D eigenvalue weighted by molar-refractivity contribution is 7.98. The number of aryl methyl sites for hydroxylation is 1. The van der Waals surface area contributed by atoms with Gasteiger partial charge in [0.05, 0.1) is 23.0 Å². The number of hydrogen-bond donors (Lipinski definition) is 0. The van der Waals surface area contributed by atoms with E-state index in [1.54, 1.807) is 19.2 Å². The maximum atomic E-state index is 10.7. The van der Waals surface area contributed by atoms with Crippen molar-refractivity contribution in [3.05, 3.63) is 51.7 Å². The molecule has 0 aliphatic heterocycles. The molecule has 3 aromatic rings. The average molecular weight is 389 g/mol. The largest absolute Gasteiger partial charge is 0.383 e. The van der Waals surface area contributed by atoms with Gasteiger partial charge in [0.2, 0.25) is 11.7 Å². The van der Waals surface area contributed by atoms with Crippen molar-refractivity contribution in [2.45, 2.75) is 31.3 Å². The zero-order valence-corrected chi connectivity index (χ0v) is 16.0. The van der Waals surface area contributed by atoms with Crippen LogP contribution < -0.4 is 0 Å². The summed E-state index contributed by atoms with van der Waals surface area (Å²) in [6.07, 6.45) is 0. The van der Waals surface area contributed by atoms with Crippen molar-refractivity contribution < 1.29 is 14.2 Å². The average Bonchev–Trinajstić information content (AvgIpc) is 3.24. The van der Waals surface area contributed by atoms with E-state index in [1.165, 1.54) is 23.9 Å². The van der Waals surface area contributed by atoms with Crippen molar-refractivity contribution in [2.75, 3.05) is 13.7 Å². The SMILES string of the molecule is COCCn1c(SCc2nc(-c3ccc([N+](=O)[O-])cc3)no2)nc(C)c1C. The van der Waals surface area contributed by atoms with Gasteiger partial charge in [0.1, 0.15) is 0 Å². The van der Waals surface area contributed by atoms with Gasteiger partial charge in [-0.2, -0.15) is 4.98 Å². The summed E-state index contributed by atoms with van der Waals surface area (Å²) in [7, 11) is 1.67. The highest BCUT2D eigenvalue weighted by Crippen LogP contribution is 2.26. The molecule has 0 aliphatic rings. The predicted molar refractivity (Wildman–Crippen MR) is 99.5 cm³/mol. The Kier molecular flexibility index (Phi) is 5.87. The molecule has 0 unspecified atom stereocenters. The Morgan fingerprint density at radius 3 is 2.67 bits per heavy atom. The number of imidazole rings is 1. The summed E-state index contributed by atoms with van der Waals surface area (Å²) < 4.78 is 12.6. The van der Waals surface area contributed by atoms with Crippen LogP contribution in [0.1, 0.15) is 17.3 Å². The summed E-state index contributed by atoms with van der Waals surface area (Å²) in [5, 5.41) is 15.6. The number of benzene rings is 1. The van der Waals surface area contributed by atoms with Gasteiger partial charge in [0.25, 0.3) is 5.69 Å². The van der Waals surface area contributed by atoms with Gasteiger partial charge in [0, 0.05) is 37.0 Å². The van der Waals surface area contributed by atoms with E-state index < -0.39 is 4.92 Å². The second-order valence-electron chi connectivity index (χ2n) is 5.81. The van der Waals surface area contributed by atoms with Gasteiger partial charge in [-0.3, -0.25) is 10.1 Å². The molecular formula is C17H19N5O4S. The van der Waals surface area contributed by atoms with Gasteiger partial charge in [0.15, 0.2) is 5.16 Å². The Labute approximate surface area is 159 Å². The van der Waals surface area contributed by atoms with Crippen LogP contribution in [0.15, 0.2) is 33.9 Å². The molecule has 2 heterocycles. The van der Waals surface area contributed by atoms with E-state index in [2.05, 4.69) is 19.7 Å². The molecule has 0 atom stereocenters. The number of non-ortho nitro benzene ring substituents is 1. The molecule has 2 aromatic heterocycles. The first-order chi connectivity index (χ1) is 13.0. The van der Waals surface area contributed by atoms with Crippen LogP contribution in [0, 0.1) is 24.0 Å². The van der Waals surface area contributed by atoms with Crippen LogP contribution in [-0.2, 0) is 17.0 Å². The van der Waals surface area contributed by atoms with Crippen LogP contribution in [-0.4, -0.2) is 38.3 Å². The molecular weight excluding hydrogens is 370 g/mol. The van der Waals surface area contributed by atoms with Crippen molar-refractivity contribution in [1.29, 1.82) is 0 Å². The second-order valence-corrected chi connectivity index (χ2v) is 6.76. The molecule has 0 bridgehead atoms. The van der Waals surface area contributed by atoms with Crippen LogP contribution in [0.2, 0.25) is 0 Å². The van der Waals surface area contributed by atoms with Crippen LogP contribution in [0.3, 0.4) is 0 Å². The summed E-state index contributed by atoms with van der Waals surface area (Å²) in [5.74, 6) is 1.34. The molecule has 1 aromatic carbocycles. The quantitative estimate of drug-likeness (QED) is 0.328. The number of ether oxygens (including phenoxy) is 1. The molecule has 142 valence electrons. The van der Waals surface area contributed by atoms with E-state index in [9.17, 15) is 10.1 Å². The van der Waals surface area contributed by atoms with Crippen LogP contribution in [0.25, 0.3) is 11.4 Å². The lowest BCUT2D eigenvalue weighted by molar-refractivity contribution is -0.384. The number of methoxy groups -OCH3 is 1. The first-order valence-electron chi connectivity index (χ1n) is 8.22. The van der Waals surface area contributed by atoms with E-state index in [4.69, 9.17) is 9.26 Å². The molecule has 0 saturated carbocycles. The van der Waals surface area contributed by atoms with Crippen molar-refractivity contribution >= 4 is 17.4 Å². The first-order valence-corrected chi connectivity index (χ1v) is 9.21. The van der Waals surface area contributed by atoms with Crippen molar-refractivity contribution in [3.8, 4) is 11.4 Å². The standard InChI is InChI=1S/C17H19N5O4S/c1-11-12(2)21(8-9-25-3)17(18-11)27-10-15-19-16(20-26-15)13-4-6-14(7-5-13)22(23)24/h4-7H,8-10H2,1-3H3. The Morgan fingerprint density at radius 2 is 2.00 bits per heavy atom. The number of nitro benzene ring substituents is 1. The van der Waals surface area contributed by atoms with Crippen LogP contribution in [0.5, 0.6) is 0 Å². The third-order valence-electron chi connectivity index (χ3n) is 4.07. The topological polar surface area (TPSA) is 109 Å². The summed E-state index contributed by atoms with van der Waals surface area (Å²) in [6, 6.07) is 6.03. The van der Waals surface area contributed by atoms with Crippen molar-refractivity contribution in [2.24, 2.45) is 0 Å². The number of nitro groups is 1. The molecule has 0 N–H and O–H groups in total. The minimum Gasteiger partial charge on any atom is -0.383 e. The number of rotatable bonds is 8. The molecule has 10 heteroatoms. The summed E-state index contributed by atoms with van der Waals surface area (Å²) >= 11 is 1.51. The zero-order chi connectivity index (χ0) is 19.4. The highest BCUT2D eigenvalue weighted by atomic mass is 32.2. The second kappa shape index (κ2) is 8.31. The van der Waals surface area contributed by atoms with Gasteiger partial charge in [-0.25, -0.2) is 4.98 Å². The van der Waals surface area contributed by atoms with Gasteiger partial charge in [-0.05, 0) is 26.0 Å². The Hall–Kier alpha value is -2.72. The zero-order valence-electron chi connectivity index (χ0n) is 15.2. The minimum absolute atomic E-state index is 0.0201. The normalized spacial score (nSPS) is 11.1. The minimum atomic E-state index is -0.447. The molecule has 27 heavy (non-hydrogen) atoms. The molecule has 0 saturated heterocycles.